The number of hydrogen-bond acceptors (Lipinski definition) is 2. The van der Waals surface area contributed by atoms with Gasteiger partial charge in [0.1, 0.15) is 5.75 Å². The predicted molar refractivity (Wildman–Crippen MR) is 75.3 cm³/mol. The number of benzene rings is 1. The lowest BCUT2D eigenvalue weighted by Crippen LogP contribution is -2.60. The highest BCUT2D eigenvalue weighted by molar-refractivity contribution is 5.84. The maximum atomic E-state index is 13.4. The standard InChI is InChI=1S/C15H14F9NO/c1-11(2,3)9-6-4-5-8(10(9)26)7-25-15(23,24)13(18,19)12(16,17)14(20,21)22/h4-7,26H,1-3H3. The summed E-state index contributed by atoms with van der Waals surface area (Å²) in [6.07, 6.45) is -6.99. The van der Waals surface area contributed by atoms with E-state index in [1.165, 1.54) is 12.1 Å². The number of aromatic hydroxyl groups is 1. The number of phenolic OH excluding ortho intramolecular Hbond substituents is 1. The molecule has 0 amide bonds. The Morgan fingerprint density at radius 1 is 0.846 bits per heavy atom. The minimum absolute atomic E-state index is 0.0784. The Labute approximate surface area is 142 Å². The number of alkyl halides is 9. The third kappa shape index (κ3) is 3.75. The Kier molecular flexibility index (Phi) is 5.39. The largest absolute Gasteiger partial charge is 0.507 e. The van der Waals surface area contributed by atoms with Gasteiger partial charge < -0.3 is 5.11 Å². The summed E-state index contributed by atoms with van der Waals surface area (Å²) in [4.78, 5) is 1.91. The van der Waals surface area contributed by atoms with Gasteiger partial charge >= 0.3 is 24.1 Å². The molecule has 0 radical (unpaired) electrons. The van der Waals surface area contributed by atoms with Gasteiger partial charge in [0.15, 0.2) is 0 Å². The minimum atomic E-state index is -7.02. The highest BCUT2D eigenvalue weighted by atomic mass is 19.4. The van der Waals surface area contributed by atoms with Gasteiger partial charge in [-0.25, -0.2) is 4.99 Å². The predicted octanol–water partition coefficient (Wildman–Crippen LogP) is 5.53. The molecule has 0 aliphatic carbocycles. The van der Waals surface area contributed by atoms with Gasteiger partial charge in [-0.3, -0.25) is 0 Å². The first kappa shape index (κ1) is 22.1. The van der Waals surface area contributed by atoms with Crippen LogP contribution in [0.4, 0.5) is 39.5 Å². The van der Waals surface area contributed by atoms with Crippen molar-refractivity contribution in [2.75, 3.05) is 0 Å². The molecule has 1 aromatic carbocycles. The van der Waals surface area contributed by atoms with Gasteiger partial charge in [0, 0.05) is 11.8 Å². The molecule has 0 heterocycles. The van der Waals surface area contributed by atoms with E-state index in [0.29, 0.717) is 0 Å². The van der Waals surface area contributed by atoms with E-state index in [1.54, 1.807) is 20.8 Å². The number of hydrogen-bond donors (Lipinski definition) is 1. The molecule has 0 aromatic heterocycles. The van der Waals surface area contributed by atoms with Crippen molar-refractivity contribution >= 4 is 6.21 Å². The van der Waals surface area contributed by atoms with Crippen molar-refractivity contribution in [3.8, 4) is 5.75 Å². The van der Waals surface area contributed by atoms with E-state index >= 15 is 0 Å². The second-order valence-electron chi connectivity index (χ2n) is 6.44. The number of phenols is 1. The fourth-order valence-electron chi connectivity index (χ4n) is 1.87. The molecule has 0 atom stereocenters. The smallest absolute Gasteiger partial charge is 0.460 e. The van der Waals surface area contributed by atoms with Crippen LogP contribution in [0, 0.1) is 0 Å². The van der Waals surface area contributed by atoms with E-state index in [4.69, 9.17) is 0 Å². The van der Waals surface area contributed by atoms with E-state index in [9.17, 15) is 44.6 Å². The number of halogens is 9. The van der Waals surface area contributed by atoms with Crippen LogP contribution in [0.3, 0.4) is 0 Å². The topological polar surface area (TPSA) is 32.6 Å². The maximum absolute atomic E-state index is 13.4. The third-order valence-electron chi connectivity index (χ3n) is 3.37. The molecule has 1 aromatic rings. The Balaban J connectivity index is 3.34. The lowest BCUT2D eigenvalue weighted by molar-refractivity contribution is -0.394. The third-order valence-corrected chi connectivity index (χ3v) is 3.37. The molecular formula is C15H14F9NO. The molecule has 0 unspecified atom stereocenters. The number of aliphatic imine (C=N–C) groups is 1. The zero-order valence-corrected chi connectivity index (χ0v) is 13.6. The van der Waals surface area contributed by atoms with Crippen LogP contribution in [0.5, 0.6) is 5.75 Å². The Morgan fingerprint density at radius 3 is 1.77 bits per heavy atom. The first-order valence-electron chi connectivity index (χ1n) is 6.94. The van der Waals surface area contributed by atoms with Crippen molar-refractivity contribution in [3.05, 3.63) is 29.3 Å². The fraction of sp³-hybridized carbons (Fsp3) is 0.533. The highest BCUT2D eigenvalue weighted by Gasteiger charge is 2.82. The summed E-state index contributed by atoms with van der Waals surface area (Å²) in [5, 5.41) is 9.96. The van der Waals surface area contributed by atoms with Crippen LogP contribution < -0.4 is 0 Å². The van der Waals surface area contributed by atoms with Crippen molar-refractivity contribution in [2.24, 2.45) is 4.99 Å². The molecule has 148 valence electrons. The summed E-state index contributed by atoms with van der Waals surface area (Å²) < 4.78 is 115. The van der Waals surface area contributed by atoms with Crippen LogP contribution in [0.15, 0.2) is 23.2 Å². The van der Waals surface area contributed by atoms with E-state index in [0.717, 1.165) is 6.07 Å². The Hall–Kier alpha value is -1.94. The SMILES string of the molecule is CC(C)(C)c1cccc(C=NC(F)(F)C(F)(F)C(F)(F)C(F)(F)F)c1O. The van der Waals surface area contributed by atoms with Crippen molar-refractivity contribution in [1.29, 1.82) is 0 Å². The van der Waals surface area contributed by atoms with Gasteiger partial charge in [0.2, 0.25) is 0 Å². The van der Waals surface area contributed by atoms with E-state index in [1.807, 2.05) is 4.99 Å². The lowest BCUT2D eigenvalue weighted by atomic mass is 9.85. The molecule has 0 bridgehead atoms. The molecule has 0 spiro atoms. The summed E-state index contributed by atoms with van der Waals surface area (Å²) in [6, 6.07) is -2.51. The van der Waals surface area contributed by atoms with Gasteiger partial charge in [-0.15, -0.1) is 0 Å². The van der Waals surface area contributed by atoms with Crippen LogP contribution in [-0.4, -0.2) is 35.4 Å². The van der Waals surface area contributed by atoms with Crippen LogP contribution >= 0.6 is 0 Å². The molecule has 2 nitrogen and oxygen atoms in total. The molecule has 0 aliphatic rings. The van der Waals surface area contributed by atoms with Gasteiger partial charge in [0.25, 0.3) is 0 Å². The fourth-order valence-corrected chi connectivity index (χ4v) is 1.87. The molecule has 11 heteroatoms. The monoisotopic (exact) mass is 395 g/mol. The molecule has 0 saturated carbocycles. The molecule has 1 rings (SSSR count). The summed E-state index contributed by atoms with van der Waals surface area (Å²) in [7, 11) is 0. The molecule has 0 saturated heterocycles. The second kappa shape index (κ2) is 6.34. The average Bonchev–Trinajstić information content (AvgIpc) is 2.43. The van der Waals surface area contributed by atoms with E-state index in [-0.39, 0.29) is 11.8 Å². The van der Waals surface area contributed by atoms with Crippen molar-refractivity contribution in [3.63, 3.8) is 0 Å². The summed E-state index contributed by atoms with van der Waals surface area (Å²) in [6.45, 7) is 4.86. The van der Waals surface area contributed by atoms with Crippen LogP contribution in [0.25, 0.3) is 0 Å². The highest BCUT2D eigenvalue weighted by Crippen LogP contribution is 2.53. The first-order chi connectivity index (χ1) is 11.4. The zero-order chi connectivity index (χ0) is 20.8. The molecule has 0 aliphatic heterocycles. The quantitative estimate of drug-likeness (QED) is 0.406. The first-order valence-corrected chi connectivity index (χ1v) is 6.94. The van der Waals surface area contributed by atoms with Gasteiger partial charge in [-0.1, -0.05) is 32.9 Å². The second-order valence-corrected chi connectivity index (χ2v) is 6.44. The Bertz CT molecular complexity index is 687. The van der Waals surface area contributed by atoms with Gasteiger partial charge in [-0.05, 0) is 17.0 Å². The van der Waals surface area contributed by atoms with E-state index < -0.39 is 40.8 Å². The number of para-hydroxylation sites is 1. The average molecular weight is 395 g/mol. The summed E-state index contributed by atoms with van der Waals surface area (Å²) in [5.41, 5.74) is -1.07. The van der Waals surface area contributed by atoms with E-state index in [2.05, 4.69) is 0 Å². The molecule has 1 N–H and O–H groups in total. The molecule has 0 fully saturated rings. The lowest BCUT2D eigenvalue weighted by Gasteiger charge is -2.31. The van der Waals surface area contributed by atoms with Gasteiger partial charge in [-0.2, -0.15) is 39.5 Å². The molecular weight excluding hydrogens is 381 g/mol. The summed E-state index contributed by atoms with van der Waals surface area (Å²) in [5.74, 6) is -14.5. The Morgan fingerprint density at radius 2 is 1.35 bits per heavy atom. The van der Waals surface area contributed by atoms with Crippen LogP contribution in [0.2, 0.25) is 0 Å². The van der Waals surface area contributed by atoms with Crippen LogP contribution in [-0.2, 0) is 5.41 Å². The van der Waals surface area contributed by atoms with Crippen LogP contribution in [0.1, 0.15) is 31.9 Å². The van der Waals surface area contributed by atoms with Crippen molar-refractivity contribution in [2.45, 2.75) is 50.3 Å². The minimum Gasteiger partial charge on any atom is -0.507 e. The molecule has 26 heavy (non-hydrogen) atoms. The van der Waals surface area contributed by atoms with Crippen molar-refractivity contribution < 1.29 is 44.6 Å². The number of nitrogens with zero attached hydrogens (tertiary/aromatic N) is 1. The normalized spacial score (nSPS) is 14.9. The zero-order valence-electron chi connectivity index (χ0n) is 13.6. The maximum Gasteiger partial charge on any atom is 0.460 e. The number of rotatable bonds is 4. The van der Waals surface area contributed by atoms with Gasteiger partial charge in [0.05, 0.1) is 0 Å². The van der Waals surface area contributed by atoms with Crippen molar-refractivity contribution in [1.82, 2.24) is 0 Å². The summed E-state index contributed by atoms with van der Waals surface area (Å²) >= 11 is 0.